The smallest absolute Gasteiger partial charge is 0.312 e. The van der Waals surface area contributed by atoms with Gasteiger partial charge >= 0.3 is 5.97 Å². The van der Waals surface area contributed by atoms with Crippen molar-refractivity contribution in [3.63, 3.8) is 0 Å². The van der Waals surface area contributed by atoms with Crippen LogP contribution in [0.15, 0.2) is 0 Å². The molecule has 2 fully saturated rings. The number of hydrogen-bond acceptors (Lipinski definition) is 3. The molecule has 0 heterocycles. The lowest BCUT2D eigenvalue weighted by Crippen LogP contribution is -2.45. The largest absolute Gasteiger partial charge is 0.469 e. The third-order valence-corrected chi connectivity index (χ3v) is 4.83. The van der Waals surface area contributed by atoms with E-state index in [1.807, 2.05) is 0 Å². The lowest BCUT2D eigenvalue weighted by molar-refractivity contribution is -0.160. The predicted molar refractivity (Wildman–Crippen MR) is 67.5 cm³/mol. The highest BCUT2D eigenvalue weighted by Crippen LogP contribution is 2.48. The van der Waals surface area contributed by atoms with E-state index in [-0.39, 0.29) is 17.4 Å². The molecule has 2 aliphatic rings. The van der Waals surface area contributed by atoms with E-state index in [1.54, 1.807) is 0 Å². The van der Waals surface area contributed by atoms with Gasteiger partial charge in [-0.2, -0.15) is 0 Å². The van der Waals surface area contributed by atoms with E-state index >= 15 is 0 Å². The molecule has 0 aromatic rings. The van der Waals surface area contributed by atoms with E-state index in [2.05, 4.69) is 0 Å². The molecule has 0 bridgehead atoms. The van der Waals surface area contributed by atoms with Crippen molar-refractivity contribution in [2.75, 3.05) is 7.11 Å². The molecule has 0 aromatic heterocycles. The van der Waals surface area contributed by atoms with Gasteiger partial charge in [0.05, 0.1) is 12.5 Å². The SMILES string of the molecule is COC(=O)C1([C@H]2CCC[C@@H](N)C2)CCCCC1. The van der Waals surface area contributed by atoms with Gasteiger partial charge in [-0.1, -0.05) is 25.7 Å². The molecule has 2 atom stereocenters. The second kappa shape index (κ2) is 5.38. The van der Waals surface area contributed by atoms with Crippen LogP contribution in [0.1, 0.15) is 57.8 Å². The predicted octanol–water partition coefficient (Wildman–Crippen LogP) is 2.63. The fraction of sp³-hybridized carbons (Fsp3) is 0.929. The summed E-state index contributed by atoms with van der Waals surface area (Å²) in [6.45, 7) is 0. The number of rotatable bonds is 2. The molecule has 0 aliphatic heterocycles. The molecular weight excluding hydrogens is 214 g/mol. The molecule has 17 heavy (non-hydrogen) atoms. The van der Waals surface area contributed by atoms with Crippen molar-refractivity contribution in [3.05, 3.63) is 0 Å². The number of hydrogen-bond donors (Lipinski definition) is 1. The fourth-order valence-electron chi connectivity index (χ4n) is 3.89. The topological polar surface area (TPSA) is 52.3 Å². The molecule has 2 N–H and O–H groups in total. The standard InChI is InChI=1S/C14H25NO2/c1-17-13(16)14(8-3-2-4-9-14)11-6-5-7-12(15)10-11/h11-12H,2-10,15H2,1H3/t11-,12+/m0/s1. The Morgan fingerprint density at radius 3 is 2.47 bits per heavy atom. The van der Waals surface area contributed by atoms with Crippen LogP contribution in [0.2, 0.25) is 0 Å². The van der Waals surface area contributed by atoms with E-state index in [0.717, 1.165) is 32.1 Å². The summed E-state index contributed by atoms with van der Waals surface area (Å²) in [6, 6.07) is 0.289. The highest BCUT2D eigenvalue weighted by molar-refractivity contribution is 5.77. The van der Waals surface area contributed by atoms with E-state index in [4.69, 9.17) is 10.5 Å². The highest BCUT2D eigenvalue weighted by atomic mass is 16.5. The second-order valence-electron chi connectivity index (χ2n) is 5.83. The maximum atomic E-state index is 12.2. The molecule has 0 amide bonds. The van der Waals surface area contributed by atoms with Gasteiger partial charge in [-0.3, -0.25) is 4.79 Å². The Morgan fingerprint density at radius 2 is 1.88 bits per heavy atom. The zero-order valence-electron chi connectivity index (χ0n) is 10.9. The van der Waals surface area contributed by atoms with Crippen LogP contribution in [0.3, 0.4) is 0 Å². The Labute approximate surface area is 104 Å². The van der Waals surface area contributed by atoms with Crippen molar-refractivity contribution in [2.45, 2.75) is 63.8 Å². The Balaban J connectivity index is 2.16. The van der Waals surface area contributed by atoms with Crippen LogP contribution in [0.5, 0.6) is 0 Å². The van der Waals surface area contributed by atoms with Crippen LogP contribution in [0.4, 0.5) is 0 Å². The van der Waals surface area contributed by atoms with Crippen LogP contribution in [-0.2, 0) is 9.53 Å². The molecule has 3 heteroatoms. The van der Waals surface area contributed by atoms with Crippen LogP contribution in [-0.4, -0.2) is 19.1 Å². The van der Waals surface area contributed by atoms with Crippen LogP contribution < -0.4 is 5.73 Å². The number of methoxy groups -OCH3 is 1. The lowest BCUT2D eigenvalue weighted by Gasteiger charge is -2.44. The summed E-state index contributed by atoms with van der Waals surface area (Å²) in [5.74, 6) is 0.482. The minimum Gasteiger partial charge on any atom is -0.469 e. The van der Waals surface area contributed by atoms with Crippen molar-refractivity contribution in [3.8, 4) is 0 Å². The van der Waals surface area contributed by atoms with E-state index in [1.165, 1.54) is 32.8 Å². The van der Waals surface area contributed by atoms with E-state index in [9.17, 15) is 4.79 Å². The second-order valence-corrected chi connectivity index (χ2v) is 5.83. The van der Waals surface area contributed by atoms with Crippen molar-refractivity contribution in [1.29, 1.82) is 0 Å². The highest BCUT2D eigenvalue weighted by Gasteiger charge is 2.47. The van der Waals surface area contributed by atoms with Gasteiger partial charge in [0.15, 0.2) is 0 Å². The van der Waals surface area contributed by atoms with Gasteiger partial charge in [-0.15, -0.1) is 0 Å². The third kappa shape index (κ3) is 2.49. The zero-order valence-corrected chi connectivity index (χ0v) is 10.9. The van der Waals surface area contributed by atoms with Crippen LogP contribution in [0.25, 0.3) is 0 Å². The summed E-state index contributed by atoms with van der Waals surface area (Å²) in [6.07, 6.45) is 10.1. The summed E-state index contributed by atoms with van der Waals surface area (Å²) in [5.41, 5.74) is 5.88. The molecule has 0 radical (unpaired) electrons. The van der Waals surface area contributed by atoms with Crippen molar-refractivity contribution in [1.82, 2.24) is 0 Å². The first-order chi connectivity index (χ1) is 8.19. The molecule has 98 valence electrons. The average Bonchev–Trinajstić information content (AvgIpc) is 2.38. The Kier molecular flexibility index (Phi) is 4.08. The molecule has 0 spiro atoms. The molecule has 0 saturated heterocycles. The molecule has 0 unspecified atom stereocenters. The maximum Gasteiger partial charge on any atom is 0.312 e. The number of carbonyl (C=O) groups is 1. The summed E-state index contributed by atoms with van der Waals surface area (Å²) in [4.78, 5) is 12.2. The third-order valence-electron chi connectivity index (χ3n) is 4.83. The minimum atomic E-state index is -0.203. The fourth-order valence-corrected chi connectivity index (χ4v) is 3.89. The molecule has 2 rings (SSSR count). The Hall–Kier alpha value is -0.570. The quantitative estimate of drug-likeness (QED) is 0.754. The van der Waals surface area contributed by atoms with Crippen molar-refractivity contribution < 1.29 is 9.53 Å². The number of nitrogens with two attached hydrogens (primary N) is 1. The summed E-state index contributed by atoms with van der Waals surface area (Å²) in [5, 5.41) is 0. The maximum absolute atomic E-state index is 12.2. The van der Waals surface area contributed by atoms with Crippen molar-refractivity contribution >= 4 is 5.97 Å². The molecule has 3 nitrogen and oxygen atoms in total. The van der Waals surface area contributed by atoms with Crippen LogP contribution >= 0.6 is 0 Å². The number of carbonyl (C=O) groups excluding carboxylic acids is 1. The first kappa shape index (κ1) is 12.9. The molecular formula is C14H25NO2. The molecule has 2 aliphatic carbocycles. The van der Waals surface area contributed by atoms with Gasteiger partial charge in [0.25, 0.3) is 0 Å². The summed E-state index contributed by atoms with van der Waals surface area (Å²) in [7, 11) is 1.53. The first-order valence-corrected chi connectivity index (χ1v) is 7.03. The van der Waals surface area contributed by atoms with E-state index in [0.29, 0.717) is 5.92 Å². The summed E-state index contributed by atoms with van der Waals surface area (Å²) < 4.78 is 5.10. The summed E-state index contributed by atoms with van der Waals surface area (Å²) >= 11 is 0. The van der Waals surface area contributed by atoms with Gasteiger partial charge in [0.2, 0.25) is 0 Å². The van der Waals surface area contributed by atoms with Crippen LogP contribution in [0, 0.1) is 11.3 Å². The van der Waals surface area contributed by atoms with Gasteiger partial charge in [-0.25, -0.2) is 0 Å². The number of esters is 1. The first-order valence-electron chi connectivity index (χ1n) is 7.03. The Bertz CT molecular complexity index is 271. The molecule has 2 saturated carbocycles. The van der Waals surface area contributed by atoms with Gasteiger partial charge in [-0.05, 0) is 38.0 Å². The number of ether oxygens (including phenoxy) is 1. The Morgan fingerprint density at radius 1 is 1.18 bits per heavy atom. The van der Waals surface area contributed by atoms with Crippen molar-refractivity contribution in [2.24, 2.45) is 17.1 Å². The average molecular weight is 239 g/mol. The van der Waals surface area contributed by atoms with Gasteiger partial charge in [0, 0.05) is 6.04 Å². The monoisotopic (exact) mass is 239 g/mol. The zero-order chi connectivity index (χ0) is 12.3. The lowest BCUT2D eigenvalue weighted by atomic mass is 9.61. The van der Waals surface area contributed by atoms with Gasteiger partial charge < -0.3 is 10.5 Å². The normalized spacial score (nSPS) is 33.1. The van der Waals surface area contributed by atoms with Gasteiger partial charge in [0.1, 0.15) is 0 Å². The molecule has 0 aromatic carbocycles. The minimum absolute atomic E-state index is 0.0244. The van der Waals surface area contributed by atoms with E-state index < -0.39 is 0 Å².